The van der Waals surface area contributed by atoms with Crippen LogP contribution in [0.1, 0.15) is 43.4 Å². The topological polar surface area (TPSA) is 24.5 Å². The summed E-state index contributed by atoms with van der Waals surface area (Å²) in [5, 5.41) is 3.69. The van der Waals surface area contributed by atoms with Crippen LogP contribution in [0.2, 0.25) is 0 Å². The Morgan fingerprint density at radius 1 is 1.33 bits per heavy atom. The van der Waals surface area contributed by atoms with Gasteiger partial charge in [0, 0.05) is 25.2 Å². The molecule has 1 aromatic rings. The van der Waals surface area contributed by atoms with E-state index in [-0.39, 0.29) is 0 Å². The second-order valence-electron chi connectivity index (χ2n) is 6.20. The normalized spacial score (nSPS) is 20.1. The average Bonchev–Trinajstić information content (AvgIpc) is 3.03. The van der Waals surface area contributed by atoms with Crippen molar-refractivity contribution in [3.8, 4) is 0 Å². The number of likely N-dealkylation sites (N-methyl/N-ethyl adjacent to an activating group) is 1. The summed E-state index contributed by atoms with van der Waals surface area (Å²) in [4.78, 5) is 2.46. The highest BCUT2D eigenvalue weighted by Crippen LogP contribution is 2.19. The van der Waals surface area contributed by atoms with Crippen LogP contribution < -0.4 is 5.32 Å². The summed E-state index contributed by atoms with van der Waals surface area (Å²) in [6, 6.07) is 10.0. The maximum absolute atomic E-state index is 5.49. The van der Waals surface area contributed by atoms with Crippen LogP contribution in [0.15, 0.2) is 24.3 Å². The molecule has 2 unspecified atom stereocenters. The van der Waals surface area contributed by atoms with Crippen LogP contribution in [-0.4, -0.2) is 44.3 Å². The molecule has 1 heterocycles. The molecule has 1 aliphatic heterocycles. The number of aryl methyl sites for hydroxylation is 1. The van der Waals surface area contributed by atoms with Gasteiger partial charge in [0.1, 0.15) is 0 Å². The van der Waals surface area contributed by atoms with E-state index in [4.69, 9.17) is 4.74 Å². The highest BCUT2D eigenvalue weighted by molar-refractivity contribution is 5.24. The van der Waals surface area contributed by atoms with Crippen LogP contribution in [0, 0.1) is 6.92 Å². The zero-order chi connectivity index (χ0) is 15.1. The molecule has 1 N–H and O–H groups in total. The fraction of sp³-hybridized carbons (Fsp3) is 0.667. The summed E-state index contributed by atoms with van der Waals surface area (Å²) >= 11 is 0. The van der Waals surface area contributed by atoms with Crippen LogP contribution in [0.5, 0.6) is 0 Å². The van der Waals surface area contributed by atoms with Gasteiger partial charge in [-0.1, -0.05) is 36.8 Å². The Morgan fingerprint density at radius 2 is 2.10 bits per heavy atom. The maximum atomic E-state index is 5.49. The molecular weight excluding hydrogens is 260 g/mol. The van der Waals surface area contributed by atoms with Gasteiger partial charge in [0.15, 0.2) is 0 Å². The molecule has 0 bridgehead atoms. The summed E-state index contributed by atoms with van der Waals surface area (Å²) in [6.07, 6.45) is 3.50. The largest absolute Gasteiger partial charge is 0.380 e. The van der Waals surface area contributed by atoms with Gasteiger partial charge in [0.2, 0.25) is 0 Å². The van der Waals surface area contributed by atoms with Crippen molar-refractivity contribution in [1.29, 1.82) is 0 Å². The van der Waals surface area contributed by atoms with Crippen LogP contribution >= 0.6 is 0 Å². The summed E-state index contributed by atoms with van der Waals surface area (Å²) < 4.78 is 5.49. The number of hydrogen-bond donors (Lipinski definition) is 1. The highest BCUT2D eigenvalue weighted by atomic mass is 16.5. The number of nitrogens with zero attached hydrogens (tertiary/aromatic N) is 1. The third kappa shape index (κ3) is 5.10. The van der Waals surface area contributed by atoms with Crippen molar-refractivity contribution in [2.45, 2.75) is 45.2 Å². The van der Waals surface area contributed by atoms with Crippen LogP contribution in [0.25, 0.3) is 0 Å². The molecule has 3 heteroatoms. The Hall–Kier alpha value is -0.900. The van der Waals surface area contributed by atoms with Crippen LogP contribution in [0.3, 0.4) is 0 Å². The van der Waals surface area contributed by atoms with Gasteiger partial charge in [-0.2, -0.15) is 0 Å². The smallest absolute Gasteiger partial charge is 0.0622 e. The van der Waals surface area contributed by atoms with Crippen LogP contribution in [0.4, 0.5) is 0 Å². The molecule has 2 atom stereocenters. The molecule has 0 spiro atoms. The predicted octanol–water partition coefficient (Wildman–Crippen LogP) is 3.15. The third-order valence-corrected chi connectivity index (χ3v) is 4.42. The molecule has 0 amide bonds. The zero-order valence-corrected chi connectivity index (χ0v) is 13.8. The number of benzene rings is 1. The second-order valence-corrected chi connectivity index (χ2v) is 6.20. The molecule has 21 heavy (non-hydrogen) atoms. The van der Waals surface area contributed by atoms with E-state index in [2.05, 4.69) is 55.4 Å². The molecule has 118 valence electrons. The Balaban J connectivity index is 1.90. The molecule has 1 fully saturated rings. The Morgan fingerprint density at radius 3 is 2.71 bits per heavy atom. The van der Waals surface area contributed by atoms with Gasteiger partial charge < -0.3 is 15.0 Å². The Bertz CT molecular complexity index is 398. The number of rotatable bonds is 8. The lowest BCUT2D eigenvalue weighted by molar-refractivity contribution is 0.156. The molecule has 3 nitrogen and oxygen atoms in total. The second kappa shape index (κ2) is 8.52. The lowest BCUT2D eigenvalue weighted by Crippen LogP contribution is -2.35. The van der Waals surface area contributed by atoms with Crippen molar-refractivity contribution < 1.29 is 4.74 Å². The first-order valence-electron chi connectivity index (χ1n) is 8.28. The van der Waals surface area contributed by atoms with E-state index in [1.807, 2.05) is 0 Å². The van der Waals surface area contributed by atoms with Crippen molar-refractivity contribution >= 4 is 0 Å². The lowest BCUT2D eigenvalue weighted by atomic mass is 10.0. The predicted molar refractivity (Wildman–Crippen MR) is 88.7 cm³/mol. The zero-order valence-electron chi connectivity index (χ0n) is 13.8. The first-order valence-corrected chi connectivity index (χ1v) is 8.28. The van der Waals surface area contributed by atoms with Crippen molar-refractivity contribution in [2.24, 2.45) is 0 Å². The van der Waals surface area contributed by atoms with Gasteiger partial charge >= 0.3 is 0 Å². The van der Waals surface area contributed by atoms with Gasteiger partial charge in [-0.25, -0.2) is 0 Å². The maximum Gasteiger partial charge on any atom is 0.0622 e. The number of hydrogen-bond acceptors (Lipinski definition) is 3. The van der Waals surface area contributed by atoms with Gasteiger partial charge in [-0.05, 0) is 45.3 Å². The quantitative estimate of drug-likeness (QED) is 0.796. The molecular formula is C18H30N2O. The van der Waals surface area contributed by atoms with Crippen molar-refractivity contribution in [3.05, 3.63) is 35.4 Å². The van der Waals surface area contributed by atoms with E-state index >= 15 is 0 Å². The van der Waals surface area contributed by atoms with E-state index < -0.39 is 0 Å². The van der Waals surface area contributed by atoms with Gasteiger partial charge in [-0.15, -0.1) is 0 Å². The minimum atomic E-state index is 0.454. The van der Waals surface area contributed by atoms with Crippen molar-refractivity contribution in [2.75, 3.05) is 33.4 Å². The highest BCUT2D eigenvalue weighted by Gasteiger charge is 2.21. The van der Waals surface area contributed by atoms with E-state index in [1.54, 1.807) is 0 Å². The van der Waals surface area contributed by atoms with E-state index in [9.17, 15) is 0 Å². The fourth-order valence-corrected chi connectivity index (χ4v) is 2.89. The molecule has 0 radical (unpaired) electrons. The lowest BCUT2D eigenvalue weighted by Gasteiger charge is -2.26. The number of nitrogens with one attached hydrogen (secondary N) is 1. The monoisotopic (exact) mass is 290 g/mol. The van der Waals surface area contributed by atoms with Crippen LogP contribution in [-0.2, 0) is 4.74 Å². The van der Waals surface area contributed by atoms with Crippen molar-refractivity contribution in [1.82, 2.24) is 10.2 Å². The molecule has 1 saturated heterocycles. The Kier molecular flexibility index (Phi) is 6.68. The third-order valence-electron chi connectivity index (χ3n) is 4.42. The van der Waals surface area contributed by atoms with Gasteiger partial charge in [-0.3, -0.25) is 0 Å². The molecule has 1 aliphatic rings. The summed E-state index contributed by atoms with van der Waals surface area (Å²) in [7, 11) is 2.23. The van der Waals surface area contributed by atoms with Gasteiger partial charge in [0.25, 0.3) is 0 Å². The van der Waals surface area contributed by atoms with Crippen molar-refractivity contribution in [3.63, 3.8) is 0 Å². The fourth-order valence-electron chi connectivity index (χ4n) is 2.89. The van der Waals surface area contributed by atoms with E-state index in [1.165, 1.54) is 24.0 Å². The molecule has 2 rings (SSSR count). The molecule has 0 aromatic heterocycles. The first kappa shape index (κ1) is 16.5. The average molecular weight is 290 g/mol. The summed E-state index contributed by atoms with van der Waals surface area (Å²) in [5.41, 5.74) is 2.73. The molecule has 1 aromatic carbocycles. The SMILES string of the molecule is CCCNC(CCN(C)C1CCOC1)c1ccc(C)cc1. The summed E-state index contributed by atoms with van der Waals surface area (Å²) in [6.45, 7) is 8.38. The minimum absolute atomic E-state index is 0.454. The minimum Gasteiger partial charge on any atom is -0.380 e. The first-order chi connectivity index (χ1) is 10.2. The summed E-state index contributed by atoms with van der Waals surface area (Å²) in [5.74, 6) is 0. The molecule has 0 aliphatic carbocycles. The van der Waals surface area contributed by atoms with E-state index in [0.717, 1.165) is 32.7 Å². The van der Waals surface area contributed by atoms with E-state index in [0.29, 0.717) is 12.1 Å². The standard InChI is InChI=1S/C18H30N2O/c1-4-11-19-18(16-7-5-15(2)6-8-16)9-12-20(3)17-10-13-21-14-17/h5-8,17-19H,4,9-14H2,1-3H3. The Labute approximate surface area is 129 Å². The molecule has 0 saturated carbocycles. The number of ether oxygens (including phenoxy) is 1. The van der Waals surface area contributed by atoms with Gasteiger partial charge in [0.05, 0.1) is 6.61 Å².